The highest BCUT2D eigenvalue weighted by molar-refractivity contribution is 5.92. The van der Waals surface area contributed by atoms with Crippen molar-refractivity contribution in [2.24, 2.45) is 17.8 Å². The van der Waals surface area contributed by atoms with Crippen molar-refractivity contribution >= 4 is 29.6 Å². The monoisotopic (exact) mass is 757 g/mol. The summed E-state index contributed by atoms with van der Waals surface area (Å²) in [5, 5.41) is 5.94. The Morgan fingerprint density at radius 1 is 0.963 bits per heavy atom. The van der Waals surface area contributed by atoms with Crippen molar-refractivity contribution in [3.63, 3.8) is 0 Å². The van der Waals surface area contributed by atoms with Gasteiger partial charge in [-0.1, -0.05) is 71.4 Å². The van der Waals surface area contributed by atoms with Crippen LogP contribution in [0.25, 0.3) is 0 Å². The first kappa shape index (κ1) is 44.8. The fourth-order valence-electron chi connectivity index (χ4n) is 8.21. The highest BCUT2D eigenvalue weighted by atomic mass is 16.5. The molecule has 2 aliphatic rings. The lowest BCUT2D eigenvalue weighted by molar-refractivity contribution is -0.149. The smallest absolute Gasteiger partial charge is 0.328 e. The van der Waals surface area contributed by atoms with Crippen LogP contribution in [0.1, 0.15) is 85.6 Å². The molecule has 0 radical (unpaired) electrons. The zero-order valence-electron chi connectivity index (χ0n) is 34.6. The average Bonchev–Trinajstić information content (AvgIpc) is 3.79. The molecule has 0 saturated carbocycles. The van der Waals surface area contributed by atoms with Gasteiger partial charge >= 0.3 is 5.97 Å². The number of hydrogen-bond donors (Lipinski definition) is 2. The van der Waals surface area contributed by atoms with Gasteiger partial charge in [0.15, 0.2) is 0 Å². The Labute approximate surface area is 323 Å². The molecule has 13 heteroatoms. The van der Waals surface area contributed by atoms with Crippen LogP contribution in [0.2, 0.25) is 0 Å². The molecule has 1 aromatic carbocycles. The molecule has 2 fully saturated rings. The lowest BCUT2D eigenvalue weighted by Crippen LogP contribution is -2.61. The minimum atomic E-state index is -0.887. The van der Waals surface area contributed by atoms with Crippen molar-refractivity contribution in [1.29, 1.82) is 0 Å². The number of nitrogens with zero attached hydrogens (tertiary/aromatic N) is 3. The van der Waals surface area contributed by atoms with Gasteiger partial charge in [-0.25, -0.2) is 4.79 Å². The van der Waals surface area contributed by atoms with Gasteiger partial charge in [0.05, 0.1) is 49.3 Å². The van der Waals surface area contributed by atoms with E-state index >= 15 is 0 Å². The second kappa shape index (κ2) is 20.4. The minimum absolute atomic E-state index is 0.0136. The molecule has 13 nitrogen and oxygen atoms in total. The molecular weight excluding hydrogens is 690 g/mol. The van der Waals surface area contributed by atoms with Gasteiger partial charge in [-0.05, 0) is 63.6 Å². The molecule has 2 aliphatic heterocycles. The molecule has 4 amide bonds. The first-order valence-corrected chi connectivity index (χ1v) is 19.6. The van der Waals surface area contributed by atoms with E-state index < -0.39 is 47.8 Å². The summed E-state index contributed by atoms with van der Waals surface area (Å²) in [6.45, 7) is 12.9. The first-order valence-electron chi connectivity index (χ1n) is 19.6. The Hall–Kier alpha value is -3.55. The lowest BCUT2D eigenvalue weighted by atomic mass is 9.89. The van der Waals surface area contributed by atoms with Crippen molar-refractivity contribution in [3.8, 4) is 0 Å². The predicted octanol–water partition coefficient (Wildman–Crippen LogP) is 3.43. The third kappa shape index (κ3) is 10.6. The Bertz CT molecular complexity index is 1410. The first-order chi connectivity index (χ1) is 25.6. The molecule has 3 rings (SSSR count). The van der Waals surface area contributed by atoms with E-state index in [9.17, 15) is 24.0 Å². The Morgan fingerprint density at radius 2 is 1.63 bits per heavy atom. The van der Waals surface area contributed by atoms with E-state index in [0.29, 0.717) is 13.0 Å². The number of carbonyl (C=O) groups is 5. The largest absolute Gasteiger partial charge is 0.467 e. The lowest BCUT2D eigenvalue weighted by Gasteiger charge is -2.41. The van der Waals surface area contributed by atoms with Crippen molar-refractivity contribution in [3.05, 3.63) is 35.9 Å². The van der Waals surface area contributed by atoms with Crippen molar-refractivity contribution in [2.45, 2.75) is 128 Å². The highest BCUT2D eigenvalue weighted by Crippen LogP contribution is 2.31. The Morgan fingerprint density at radius 3 is 2.17 bits per heavy atom. The second-order valence-corrected chi connectivity index (χ2v) is 15.9. The third-order valence-electron chi connectivity index (χ3n) is 12.1. The standard InChI is InChI=1S/C41H67N5O8/c1-12-27(4)35(45(8)38(49)34(26(2)3)43-40(51)41(6)21-17-22-44(41)7)32(52-9)25-33(47)46-23-16-20-31(46)36(53-10)28(5)37(48)42-30(39(50)54-11)24-29-18-14-13-15-19-29/h13-15,18-19,26-28,30-32,34-36H,12,16-17,20-25H2,1-11H3,(H,42,48)(H,43,51)/t27-,28+,30-,31-,32+,34-,35-,36+,41+/m0/s1. The van der Waals surface area contributed by atoms with Crippen molar-refractivity contribution in [2.75, 3.05) is 48.5 Å². The number of methoxy groups -OCH3 is 3. The molecule has 2 saturated heterocycles. The minimum Gasteiger partial charge on any atom is -0.467 e. The van der Waals surface area contributed by atoms with Crippen LogP contribution in [0, 0.1) is 17.8 Å². The number of rotatable bonds is 19. The second-order valence-electron chi connectivity index (χ2n) is 15.9. The SMILES string of the molecule is CC[C@H](C)[C@@H]([C@@H](CC(=O)N1CCC[C@H]1[C@H](OC)[C@@H](C)C(=O)N[C@@H](Cc1ccccc1)C(=O)OC)OC)N(C)C(=O)[C@@H](NC(=O)[C@@]1(C)CCCN1C)C(C)C. The fourth-order valence-corrected chi connectivity index (χ4v) is 8.21. The van der Waals surface area contributed by atoms with Gasteiger partial charge in [-0.15, -0.1) is 0 Å². The van der Waals surface area contributed by atoms with E-state index in [1.54, 1.807) is 30.9 Å². The maximum absolute atomic E-state index is 14.3. The molecule has 0 spiro atoms. The maximum atomic E-state index is 14.3. The quantitative estimate of drug-likeness (QED) is 0.203. The highest BCUT2D eigenvalue weighted by Gasteiger charge is 2.45. The maximum Gasteiger partial charge on any atom is 0.328 e. The summed E-state index contributed by atoms with van der Waals surface area (Å²) in [5.41, 5.74) is 0.197. The Kier molecular flexibility index (Phi) is 16.9. The van der Waals surface area contributed by atoms with Crippen molar-refractivity contribution < 1.29 is 38.2 Å². The van der Waals surface area contributed by atoms with Gasteiger partial charge in [0.25, 0.3) is 0 Å². The third-order valence-corrected chi connectivity index (χ3v) is 12.1. The molecule has 0 aromatic heterocycles. The number of likely N-dealkylation sites (tertiary alicyclic amines) is 2. The number of hydrogen-bond acceptors (Lipinski definition) is 9. The van der Waals surface area contributed by atoms with E-state index in [4.69, 9.17) is 14.2 Å². The topological polar surface area (TPSA) is 147 Å². The molecule has 2 N–H and O–H groups in total. The van der Waals surface area contributed by atoms with E-state index in [1.165, 1.54) is 14.2 Å². The molecular formula is C41H67N5O8. The van der Waals surface area contributed by atoms with Crippen LogP contribution in [0.15, 0.2) is 30.3 Å². The van der Waals surface area contributed by atoms with Gasteiger partial charge in [0.1, 0.15) is 12.1 Å². The normalized spacial score (nSPS) is 22.8. The van der Waals surface area contributed by atoms with Crippen LogP contribution in [0.4, 0.5) is 0 Å². The molecule has 0 bridgehead atoms. The number of likely N-dealkylation sites (N-methyl/N-ethyl adjacent to an activating group) is 2. The van der Waals surface area contributed by atoms with Crippen LogP contribution < -0.4 is 10.6 Å². The predicted molar refractivity (Wildman–Crippen MR) is 207 cm³/mol. The molecule has 9 atom stereocenters. The van der Waals surface area contributed by atoms with Gasteiger partial charge in [-0.3, -0.25) is 24.1 Å². The zero-order chi connectivity index (χ0) is 40.3. The molecule has 0 unspecified atom stereocenters. The summed E-state index contributed by atoms with van der Waals surface area (Å²) < 4.78 is 17.0. The molecule has 2 heterocycles. The van der Waals surface area contributed by atoms with Crippen LogP contribution in [-0.2, 0) is 44.6 Å². The van der Waals surface area contributed by atoms with Crippen LogP contribution in [0.3, 0.4) is 0 Å². The molecule has 1 aromatic rings. The number of carbonyl (C=O) groups excluding carboxylic acids is 5. The molecule has 304 valence electrons. The number of ether oxygens (including phenoxy) is 3. The van der Waals surface area contributed by atoms with Gasteiger partial charge in [-0.2, -0.15) is 0 Å². The summed E-state index contributed by atoms with van der Waals surface area (Å²) >= 11 is 0. The van der Waals surface area contributed by atoms with E-state index in [-0.39, 0.29) is 54.3 Å². The molecule has 54 heavy (non-hydrogen) atoms. The summed E-state index contributed by atoms with van der Waals surface area (Å²) in [4.78, 5) is 73.9. The van der Waals surface area contributed by atoms with E-state index in [0.717, 1.165) is 37.8 Å². The molecule has 0 aliphatic carbocycles. The van der Waals surface area contributed by atoms with E-state index in [1.807, 2.05) is 76.9 Å². The zero-order valence-corrected chi connectivity index (χ0v) is 34.6. The number of benzene rings is 1. The number of esters is 1. The van der Waals surface area contributed by atoms with Gasteiger partial charge in [0, 0.05) is 34.2 Å². The summed E-state index contributed by atoms with van der Waals surface area (Å²) in [6.07, 6.45) is 2.76. The summed E-state index contributed by atoms with van der Waals surface area (Å²) in [6, 6.07) is 6.91. The van der Waals surface area contributed by atoms with Crippen molar-refractivity contribution in [1.82, 2.24) is 25.3 Å². The van der Waals surface area contributed by atoms with E-state index in [2.05, 4.69) is 10.6 Å². The average molecular weight is 758 g/mol. The van der Waals surface area contributed by atoms with Gasteiger partial charge < -0.3 is 34.6 Å². The van der Waals surface area contributed by atoms with Crippen LogP contribution in [0.5, 0.6) is 0 Å². The number of amides is 4. The Balaban J connectivity index is 1.77. The van der Waals surface area contributed by atoms with Crippen LogP contribution >= 0.6 is 0 Å². The number of nitrogens with one attached hydrogen (secondary N) is 2. The van der Waals surface area contributed by atoms with Gasteiger partial charge in [0.2, 0.25) is 23.6 Å². The van der Waals surface area contributed by atoms with Crippen LogP contribution in [-0.4, -0.2) is 135 Å². The summed E-state index contributed by atoms with van der Waals surface area (Å²) in [7, 11) is 8.05. The summed E-state index contributed by atoms with van der Waals surface area (Å²) in [5.74, 6) is -2.35. The fraction of sp³-hybridized carbons (Fsp3) is 0.732.